The Morgan fingerprint density at radius 1 is 0.603 bits per heavy atom. The minimum atomic E-state index is -4.62. The van der Waals surface area contributed by atoms with Gasteiger partial charge in [0.1, 0.15) is 36.8 Å². The Morgan fingerprint density at radius 2 is 1.14 bits per heavy atom. The molecule has 0 spiro atoms. The molecule has 58 heavy (non-hydrogen) atoms. The highest BCUT2D eigenvalue weighted by Crippen LogP contribution is 2.24. The number of ether oxygens (including phenoxy) is 4. The van der Waals surface area contributed by atoms with E-state index in [1.807, 2.05) is 36.5 Å². The minimum absolute atomic E-state index is 0.123. The van der Waals surface area contributed by atoms with E-state index in [0.717, 1.165) is 70.6 Å². The van der Waals surface area contributed by atoms with Crippen molar-refractivity contribution < 1.29 is 56.8 Å². The van der Waals surface area contributed by atoms with Crippen LogP contribution in [0.15, 0.2) is 97.2 Å². The number of hydrogen-bond acceptors (Lipinski definition) is 11. The van der Waals surface area contributed by atoms with E-state index in [4.69, 9.17) is 18.9 Å². The number of hydrogen-bond donors (Lipinski definition) is 4. The average molecular weight is 835 g/mol. The molecular weight excluding hydrogens is 765 g/mol. The lowest BCUT2D eigenvalue weighted by Crippen LogP contribution is -2.60. The molecule has 12 nitrogen and oxygen atoms in total. The number of carbonyl (C=O) groups is 2. The normalized spacial score (nSPS) is 21.4. The predicted octanol–water partition coefficient (Wildman–Crippen LogP) is 7.88. The van der Waals surface area contributed by atoms with E-state index in [2.05, 4.69) is 74.6 Å². The molecule has 1 aliphatic heterocycles. The molecular formula is C45H70O12S. The van der Waals surface area contributed by atoms with E-state index in [1.165, 1.54) is 0 Å². The molecule has 0 radical (unpaired) electrons. The van der Waals surface area contributed by atoms with E-state index in [0.29, 0.717) is 19.3 Å². The second kappa shape index (κ2) is 34.4. The highest BCUT2D eigenvalue weighted by molar-refractivity contribution is 7.85. The van der Waals surface area contributed by atoms with Gasteiger partial charge in [-0.2, -0.15) is 8.42 Å². The number of unbranched alkanes of at least 4 members (excludes halogenated alkanes) is 6. The molecule has 0 aromatic rings. The van der Waals surface area contributed by atoms with Crippen LogP contribution in [0.2, 0.25) is 0 Å². The molecule has 3 unspecified atom stereocenters. The Labute approximate surface area is 347 Å². The summed E-state index contributed by atoms with van der Waals surface area (Å²) >= 11 is 0. The summed E-state index contributed by atoms with van der Waals surface area (Å²) < 4.78 is 53.9. The maximum atomic E-state index is 12.8. The summed E-state index contributed by atoms with van der Waals surface area (Å²) in [4.78, 5) is 25.3. The smallest absolute Gasteiger partial charge is 0.306 e. The van der Waals surface area contributed by atoms with Crippen molar-refractivity contribution in [2.45, 2.75) is 153 Å². The highest BCUT2D eigenvalue weighted by atomic mass is 32.2. The van der Waals surface area contributed by atoms with Crippen LogP contribution >= 0.6 is 0 Å². The summed E-state index contributed by atoms with van der Waals surface area (Å²) in [5.74, 6) is -2.11. The molecule has 1 rings (SSSR count). The van der Waals surface area contributed by atoms with Crippen LogP contribution in [-0.2, 0) is 38.7 Å². The largest absolute Gasteiger partial charge is 0.462 e. The lowest BCUT2D eigenvalue weighted by molar-refractivity contribution is -0.297. The zero-order valence-corrected chi connectivity index (χ0v) is 35.4. The van der Waals surface area contributed by atoms with Crippen molar-refractivity contribution in [3.63, 3.8) is 0 Å². The Kier molecular flexibility index (Phi) is 31.2. The van der Waals surface area contributed by atoms with Crippen molar-refractivity contribution in [3.05, 3.63) is 97.2 Å². The monoisotopic (exact) mass is 834 g/mol. The van der Waals surface area contributed by atoms with Gasteiger partial charge in [0.25, 0.3) is 10.1 Å². The van der Waals surface area contributed by atoms with Crippen LogP contribution < -0.4 is 0 Å². The molecule has 0 bridgehead atoms. The first-order chi connectivity index (χ1) is 28.0. The van der Waals surface area contributed by atoms with Gasteiger partial charge in [-0.25, -0.2) is 0 Å². The van der Waals surface area contributed by atoms with Crippen molar-refractivity contribution in [2.75, 3.05) is 19.0 Å². The van der Waals surface area contributed by atoms with E-state index >= 15 is 0 Å². The van der Waals surface area contributed by atoms with Gasteiger partial charge < -0.3 is 34.3 Å². The Hall–Kier alpha value is -3.43. The average Bonchev–Trinajstić information content (AvgIpc) is 3.18. The third-order valence-electron chi connectivity index (χ3n) is 8.72. The number of carbonyl (C=O) groups excluding carboxylic acids is 2. The summed E-state index contributed by atoms with van der Waals surface area (Å²) in [7, 11) is -4.62. The lowest BCUT2D eigenvalue weighted by Gasteiger charge is -2.40. The van der Waals surface area contributed by atoms with Gasteiger partial charge in [0, 0.05) is 12.8 Å². The molecule has 1 aliphatic rings. The fraction of sp³-hybridized carbons (Fsp3) is 0.600. The van der Waals surface area contributed by atoms with Crippen LogP contribution in [0.5, 0.6) is 0 Å². The van der Waals surface area contributed by atoms with Gasteiger partial charge in [0.15, 0.2) is 12.4 Å². The number of aliphatic hydroxyl groups is 3. The topological polar surface area (TPSA) is 186 Å². The molecule has 1 heterocycles. The Bertz CT molecular complexity index is 1440. The van der Waals surface area contributed by atoms with Gasteiger partial charge in [0.2, 0.25) is 0 Å². The first-order valence-corrected chi connectivity index (χ1v) is 22.4. The Morgan fingerprint density at radius 3 is 1.76 bits per heavy atom. The van der Waals surface area contributed by atoms with E-state index < -0.39 is 71.2 Å². The molecule has 0 amide bonds. The van der Waals surface area contributed by atoms with Crippen molar-refractivity contribution in [3.8, 4) is 0 Å². The van der Waals surface area contributed by atoms with Crippen LogP contribution in [0, 0.1) is 0 Å². The summed E-state index contributed by atoms with van der Waals surface area (Å²) in [5.41, 5.74) is 0. The summed E-state index contributed by atoms with van der Waals surface area (Å²) in [6.45, 7) is 3.41. The second-order valence-corrected chi connectivity index (χ2v) is 15.4. The van der Waals surface area contributed by atoms with Crippen LogP contribution in [-0.4, -0.2) is 96.0 Å². The molecule has 0 aromatic heterocycles. The number of rotatable bonds is 32. The fourth-order valence-electron chi connectivity index (χ4n) is 5.53. The summed E-state index contributed by atoms with van der Waals surface area (Å²) in [6, 6.07) is 0. The maximum Gasteiger partial charge on any atom is 0.306 e. The molecule has 0 aromatic carbocycles. The molecule has 0 saturated carbocycles. The summed E-state index contributed by atoms with van der Waals surface area (Å²) in [6.07, 6.45) is 36.1. The number of esters is 2. The van der Waals surface area contributed by atoms with E-state index in [1.54, 1.807) is 0 Å². The van der Waals surface area contributed by atoms with Crippen molar-refractivity contribution in [1.29, 1.82) is 0 Å². The maximum absolute atomic E-state index is 12.8. The third-order valence-corrected chi connectivity index (χ3v) is 9.47. The quantitative estimate of drug-likeness (QED) is 0.0169. The van der Waals surface area contributed by atoms with Gasteiger partial charge in [-0.05, 0) is 70.6 Å². The molecule has 13 heteroatoms. The van der Waals surface area contributed by atoms with E-state index in [-0.39, 0.29) is 19.4 Å². The Balaban J connectivity index is 2.55. The molecule has 0 aliphatic carbocycles. The second-order valence-electron chi connectivity index (χ2n) is 13.9. The fourth-order valence-corrected chi connectivity index (χ4v) is 6.22. The molecule has 4 N–H and O–H groups in total. The molecule has 1 fully saturated rings. The number of aliphatic hydroxyl groups excluding tert-OH is 3. The van der Waals surface area contributed by atoms with E-state index in [9.17, 15) is 37.9 Å². The zero-order chi connectivity index (χ0) is 42.7. The first-order valence-electron chi connectivity index (χ1n) is 20.8. The zero-order valence-electron chi connectivity index (χ0n) is 34.6. The van der Waals surface area contributed by atoms with Gasteiger partial charge in [-0.3, -0.25) is 14.1 Å². The van der Waals surface area contributed by atoms with Crippen molar-refractivity contribution >= 4 is 22.1 Å². The van der Waals surface area contributed by atoms with Crippen LogP contribution in [0.25, 0.3) is 0 Å². The highest BCUT2D eigenvalue weighted by Gasteiger charge is 2.46. The standard InChI is InChI=1S/C45H70O12S/c1-3-5-7-9-11-13-15-17-18-19-20-22-23-25-27-29-31-33-40(46)54-35-38(36-55-45-44(50)43(49)42(48)39(57-45)37-58(51,52)53)56-41(47)34-32-30-28-26-24-21-16-14-12-10-8-6-4-2/h5-8,10-14,16-18,20,22,25,27,38-39,42-45,48-50H,3-4,9,15,19,21,23-24,26,28-37H2,1-2H3,(H,51,52,53)/b7-5+,8-6+,12-10+,13-11+,16-14+,18-17+,22-20+,27-25+/t38?,39-,42-,43?,44?,45+/m1/s1. The van der Waals surface area contributed by atoms with Crippen LogP contribution in [0.3, 0.4) is 0 Å². The molecule has 6 atom stereocenters. The molecule has 328 valence electrons. The minimum Gasteiger partial charge on any atom is -0.462 e. The van der Waals surface area contributed by atoms with Gasteiger partial charge in [-0.1, -0.05) is 130 Å². The van der Waals surface area contributed by atoms with Crippen molar-refractivity contribution in [2.24, 2.45) is 0 Å². The van der Waals surface area contributed by atoms with Gasteiger partial charge >= 0.3 is 11.9 Å². The SMILES string of the molecule is CC/C=C/C=C/C=C/CCCCCCCC(=O)OC(COC(=O)CCC/C=C/C/C=C/C/C=C/C/C=C/C/C=C/CC)CO[C@H]1O[C@H](CS(=O)(=O)O)[C@@H](O)C(O)C1O. The predicted molar refractivity (Wildman–Crippen MR) is 228 cm³/mol. The van der Waals surface area contributed by atoms with Crippen molar-refractivity contribution in [1.82, 2.24) is 0 Å². The van der Waals surface area contributed by atoms with Gasteiger partial charge in [0.05, 0.1) is 6.61 Å². The first kappa shape index (κ1) is 52.6. The third kappa shape index (κ3) is 28.9. The summed E-state index contributed by atoms with van der Waals surface area (Å²) in [5, 5.41) is 30.8. The van der Waals surface area contributed by atoms with Crippen LogP contribution in [0.4, 0.5) is 0 Å². The van der Waals surface area contributed by atoms with Gasteiger partial charge in [-0.15, -0.1) is 0 Å². The van der Waals surface area contributed by atoms with Crippen LogP contribution in [0.1, 0.15) is 117 Å². The lowest BCUT2D eigenvalue weighted by atomic mass is 10.00. The molecule has 1 saturated heterocycles. The number of allylic oxidation sites excluding steroid dienone is 16.